The second kappa shape index (κ2) is 13.6. The Labute approximate surface area is 253 Å². The van der Waals surface area contributed by atoms with Gasteiger partial charge in [-0.15, -0.1) is 0 Å². The van der Waals surface area contributed by atoms with E-state index in [1.54, 1.807) is 79.9 Å². The molecule has 0 aliphatic carbocycles. The SMILES string of the molecule is CCOc1ccc(NC(=O)Cn2c(=O)n(Cc3ccc(C(=O)NCc4ccccc4OC)cc3)c(=O)c3ccccc32)cc1. The summed E-state index contributed by atoms with van der Waals surface area (Å²) in [7, 11) is 1.58. The minimum atomic E-state index is -0.617. The molecule has 0 aliphatic rings. The standard InChI is InChI=1S/C34H32N4O6/c1-3-44-27-18-16-26(17-19-27)36-31(39)22-37-29-10-6-5-9-28(29)33(41)38(34(37)42)21-23-12-14-24(15-13-23)32(40)35-20-25-8-4-7-11-30(25)43-2/h4-19H,3,20-22H2,1-2H3,(H,35,40)(H,36,39). The van der Waals surface area contributed by atoms with E-state index in [2.05, 4.69) is 10.6 Å². The van der Waals surface area contributed by atoms with Crippen LogP contribution in [0.25, 0.3) is 10.9 Å². The summed E-state index contributed by atoms with van der Waals surface area (Å²) in [5.41, 5.74) is 1.75. The van der Waals surface area contributed by atoms with Crippen molar-refractivity contribution in [2.75, 3.05) is 19.0 Å². The van der Waals surface area contributed by atoms with Gasteiger partial charge in [-0.2, -0.15) is 0 Å². The molecule has 0 spiro atoms. The Morgan fingerprint density at radius 1 is 0.818 bits per heavy atom. The molecule has 10 nitrogen and oxygen atoms in total. The van der Waals surface area contributed by atoms with Gasteiger partial charge in [0.05, 0.1) is 31.2 Å². The molecule has 44 heavy (non-hydrogen) atoms. The lowest BCUT2D eigenvalue weighted by Crippen LogP contribution is -2.42. The van der Waals surface area contributed by atoms with Crippen molar-refractivity contribution in [2.24, 2.45) is 0 Å². The molecular weight excluding hydrogens is 560 g/mol. The minimum absolute atomic E-state index is 0.0356. The zero-order chi connectivity index (χ0) is 31.1. The summed E-state index contributed by atoms with van der Waals surface area (Å²) in [6.07, 6.45) is 0. The number of carbonyl (C=O) groups excluding carboxylic acids is 2. The Hall–Kier alpha value is -5.64. The average molecular weight is 593 g/mol. The van der Waals surface area contributed by atoms with Gasteiger partial charge in [-0.05, 0) is 67.1 Å². The van der Waals surface area contributed by atoms with Crippen molar-refractivity contribution in [3.05, 3.63) is 135 Å². The molecule has 10 heteroatoms. The molecule has 0 saturated carbocycles. The molecule has 0 radical (unpaired) electrons. The van der Waals surface area contributed by atoms with Gasteiger partial charge in [0.25, 0.3) is 11.5 Å². The van der Waals surface area contributed by atoms with Crippen molar-refractivity contribution in [3.8, 4) is 11.5 Å². The Balaban J connectivity index is 1.34. The number of anilines is 1. The van der Waals surface area contributed by atoms with Crippen LogP contribution in [0.5, 0.6) is 11.5 Å². The number of amides is 2. The number of para-hydroxylation sites is 2. The van der Waals surface area contributed by atoms with E-state index in [1.807, 2.05) is 31.2 Å². The highest BCUT2D eigenvalue weighted by molar-refractivity contribution is 5.94. The van der Waals surface area contributed by atoms with Gasteiger partial charge in [0.1, 0.15) is 18.0 Å². The molecular formula is C34H32N4O6. The number of fused-ring (bicyclic) bond motifs is 1. The van der Waals surface area contributed by atoms with Crippen LogP contribution in [0.2, 0.25) is 0 Å². The number of carbonyl (C=O) groups is 2. The van der Waals surface area contributed by atoms with Crippen LogP contribution in [-0.4, -0.2) is 34.7 Å². The largest absolute Gasteiger partial charge is 0.496 e. The first-order chi connectivity index (χ1) is 21.4. The highest BCUT2D eigenvalue weighted by Gasteiger charge is 2.16. The van der Waals surface area contributed by atoms with E-state index < -0.39 is 17.2 Å². The van der Waals surface area contributed by atoms with Gasteiger partial charge in [0, 0.05) is 23.4 Å². The van der Waals surface area contributed by atoms with E-state index in [0.29, 0.717) is 52.4 Å². The van der Waals surface area contributed by atoms with Gasteiger partial charge < -0.3 is 20.1 Å². The molecule has 0 fully saturated rings. The Kier molecular flexibility index (Phi) is 9.19. The average Bonchev–Trinajstić information content (AvgIpc) is 3.05. The van der Waals surface area contributed by atoms with Gasteiger partial charge in [-0.3, -0.25) is 23.5 Å². The highest BCUT2D eigenvalue weighted by atomic mass is 16.5. The fraction of sp³-hybridized carbons (Fsp3) is 0.176. The number of hydrogen-bond donors (Lipinski definition) is 2. The lowest BCUT2D eigenvalue weighted by atomic mass is 10.1. The lowest BCUT2D eigenvalue weighted by Gasteiger charge is -2.15. The Bertz CT molecular complexity index is 1910. The molecule has 2 N–H and O–H groups in total. The molecule has 5 aromatic rings. The summed E-state index contributed by atoms with van der Waals surface area (Å²) >= 11 is 0. The van der Waals surface area contributed by atoms with Gasteiger partial charge in [0.2, 0.25) is 5.91 Å². The van der Waals surface area contributed by atoms with E-state index in [-0.39, 0.29) is 19.0 Å². The predicted molar refractivity (Wildman–Crippen MR) is 168 cm³/mol. The third-order valence-corrected chi connectivity index (χ3v) is 7.07. The second-order valence-corrected chi connectivity index (χ2v) is 9.97. The first kappa shape index (κ1) is 29.8. The first-order valence-corrected chi connectivity index (χ1v) is 14.1. The van der Waals surface area contributed by atoms with Crippen molar-refractivity contribution in [2.45, 2.75) is 26.6 Å². The number of methoxy groups -OCH3 is 1. The molecule has 0 aliphatic heterocycles. The van der Waals surface area contributed by atoms with Crippen LogP contribution in [0.3, 0.4) is 0 Å². The molecule has 224 valence electrons. The van der Waals surface area contributed by atoms with Crippen LogP contribution in [-0.2, 0) is 24.4 Å². The predicted octanol–water partition coefficient (Wildman–Crippen LogP) is 4.19. The number of benzene rings is 4. The monoisotopic (exact) mass is 592 g/mol. The molecule has 1 heterocycles. The van der Waals surface area contributed by atoms with E-state index in [0.717, 1.165) is 10.1 Å². The van der Waals surface area contributed by atoms with Crippen molar-refractivity contribution in [1.82, 2.24) is 14.5 Å². The third kappa shape index (κ3) is 6.70. The van der Waals surface area contributed by atoms with Gasteiger partial charge in [-0.25, -0.2) is 4.79 Å². The van der Waals surface area contributed by atoms with Crippen LogP contribution in [0.15, 0.2) is 107 Å². The molecule has 5 rings (SSSR count). The Morgan fingerprint density at radius 2 is 1.52 bits per heavy atom. The summed E-state index contributed by atoms with van der Waals surface area (Å²) in [5, 5.41) is 5.98. The van der Waals surface area contributed by atoms with E-state index in [1.165, 1.54) is 4.57 Å². The van der Waals surface area contributed by atoms with E-state index in [4.69, 9.17) is 9.47 Å². The summed E-state index contributed by atoms with van der Waals surface area (Å²) in [5.74, 6) is 0.672. The van der Waals surface area contributed by atoms with Crippen molar-refractivity contribution in [1.29, 1.82) is 0 Å². The summed E-state index contributed by atoms with van der Waals surface area (Å²) in [6, 6.07) is 27.7. The number of nitrogens with zero attached hydrogens (tertiary/aromatic N) is 2. The topological polar surface area (TPSA) is 121 Å². The van der Waals surface area contributed by atoms with Crippen molar-refractivity contribution in [3.63, 3.8) is 0 Å². The maximum absolute atomic E-state index is 13.6. The van der Waals surface area contributed by atoms with Crippen LogP contribution in [0, 0.1) is 0 Å². The van der Waals surface area contributed by atoms with E-state index in [9.17, 15) is 19.2 Å². The van der Waals surface area contributed by atoms with Crippen molar-refractivity contribution < 1.29 is 19.1 Å². The fourth-order valence-corrected chi connectivity index (χ4v) is 4.88. The van der Waals surface area contributed by atoms with Gasteiger partial charge >= 0.3 is 5.69 Å². The molecule has 0 bridgehead atoms. The van der Waals surface area contributed by atoms with Crippen LogP contribution in [0.1, 0.15) is 28.4 Å². The molecule has 0 saturated heterocycles. The molecule has 1 aromatic heterocycles. The quantitative estimate of drug-likeness (QED) is 0.237. The first-order valence-electron chi connectivity index (χ1n) is 14.1. The molecule has 4 aromatic carbocycles. The number of hydrogen-bond acceptors (Lipinski definition) is 6. The van der Waals surface area contributed by atoms with Gasteiger partial charge in [0.15, 0.2) is 0 Å². The van der Waals surface area contributed by atoms with Crippen LogP contribution < -0.4 is 31.4 Å². The molecule has 0 unspecified atom stereocenters. The normalized spacial score (nSPS) is 10.8. The highest BCUT2D eigenvalue weighted by Crippen LogP contribution is 2.18. The number of aromatic nitrogens is 2. The fourth-order valence-electron chi connectivity index (χ4n) is 4.88. The maximum Gasteiger partial charge on any atom is 0.332 e. The second-order valence-electron chi connectivity index (χ2n) is 9.97. The van der Waals surface area contributed by atoms with Gasteiger partial charge in [-0.1, -0.05) is 42.5 Å². The summed E-state index contributed by atoms with van der Waals surface area (Å²) in [4.78, 5) is 52.7. The Morgan fingerprint density at radius 3 is 2.25 bits per heavy atom. The van der Waals surface area contributed by atoms with Crippen LogP contribution in [0.4, 0.5) is 5.69 Å². The lowest BCUT2D eigenvalue weighted by molar-refractivity contribution is -0.116. The smallest absolute Gasteiger partial charge is 0.332 e. The molecule has 2 amide bonds. The number of ether oxygens (including phenoxy) is 2. The minimum Gasteiger partial charge on any atom is -0.496 e. The number of rotatable bonds is 11. The third-order valence-electron chi connectivity index (χ3n) is 7.07. The van der Waals surface area contributed by atoms with Crippen LogP contribution >= 0.6 is 0 Å². The number of nitrogens with one attached hydrogen (secondary N) is 2. The zero-order valence-electron chi connectivity index (χ0n) is 24.4. The maximum atomic E-state index is 13.6. The summed E-state index contributed by atoms with van der Waals surface area (Å²) < 4.78 is 13.2. The zero-order valence-corrected chi connectivity index (χ0v) is 24.4. The molecule has 0 atom stereocenters. The van der Waals surface area contributed by atoms with E-state index >= 15 is 0 Å². The summed E-state index contributed by atoms with van der Waals surface area (Å²) in [6.45, 7) is 2.38. The van der Waals surface area contributed by atoms with Crippen molar-refractivity contribution >= 4 is 28.4 Å².